The van der Waals surface area contributed by atoms with Crippen LogP contribution in [0.3, 0.4) is 0 Å². The second-order valence-electron chi connectivity index (χ2n) is 6.11. The van der Waals surface area contributed by atoms with Crippen LogP contribution in [0.25, 0.3) is 0 Å². The summed E-state index contributed by atoms with van der Waals surface area (Å²) in [6.45, 7) is 0.623. The molecule has 2 aromatic rings. The van der Waals surface area contributed by atoms with E-state index in [9.17, 15) is 17.1 Å². The maximum Gasteiger partial charge on any atom is 0.302 e. The van der Waals surface area contributed by atoms with E-state index in [1.165, 1.54) is 0 Å². The van der Waals surface area contributed by atoms with Crippen molar-refractivity contribution >= 4 is 16.1 Å². The van der Waals surface area contributed by atoms with Gasteiger partial charge >= 0.3 is 10.2 Å². The SMILES string of the molecule is O=C1CC(CS(=O)(=O)F)CN1Cc1ccc(Oc2ccccc2)cc1. The fourth-order valence-corrected chi connectivity index (χ4v) is 3.69. The molecule has 1 unspecified atom stereocenters. The Bertz CT molecular complexity index is 837. The summed E-state index contributed by atoms with van der Waals surface area (Å²) in [6.07, 6.45) is 0.0678. The number of rotatable bonds is 6. The number of carbonyl (C=O) groups excluding carboxylic acids is 1. The highest BCUT2D eigenvalue weighted by molar-refractivity contribution is 7.86. The van der Waals surface area contributed by atoms with Crippen LogP contribution in [0.2, 0.25) is 0 Å². The van der Waals surface area contributed by atoms with Crippen LogP contribution in [0, 0.1) is 5.92 Å². The van der Waals surface area contributed by atoms with E-state index in [0.29, 0.717) is 12.3 Å². The summed E-state index contributed by atoms with van der Waals surface area (Å²) < 4.78 is 40.0. The lowest BCUT2D eigenvalue weighted by Gasteiger charge is -2.16. The lowest BCUT2D eigenvalue weighted by molar-refractivity contribution is -0.128. The maximum atomic E-state index is 12.8. The molecule has 132 valence electrons. The Kier molecular flexibility index (Phi) is 5.03. The minimum Gasteiger partial charge on any atom is -0.457 e. The molecule has 5 nitrogen and oxygen atoms in total. The number of halogens is 1. The average molecular weight is 363 g/mol. The minimum absolute atomic E-state index is 0.0678. The van der Waals surface area contributed by atoms with Gasteiger partial charge < -0.3 is 9.64 Å². The fraction of sp³-hybridized carbons (Fsp3) is 0.278. The molecule has 1 heterocycles. The fourth-order valence-electron chi connectivity index (χ4n) is 2.91. The Balaban J connectivity index is 1.59. The molecule has 0 aromatic heterocycles. The van der Waals surface area contributed by atoms with Crippen LogP contribution < -0.4 is 4.74 Å². The van der Waals surface area contributed by atoms with Gasteiger partial charge in [0.2, 0.25) is 5.91 Å². The zero-order valence-electron chi connectivity index (χ0n) is 13.5. The largest absolute Gasteiger partial charge is 0.457 e. The van der Waals surface area contributed by atoms with E-state index in [0.717, 1.165) is 11.3 Å². The van der Waals surface area contributed by atoms with Crippen LogP contribution in [0.4, 0.5) is 3.89 Å². The van der Waals surface area contributed by atoms with Crippen LogP contribution in [0.5, 0.6) is 11.5 Å². The number of ether oxygens (including phenoxy) is 1. The molecule has 7 heteroatoms. The standard InChI is InChI=1S/C18H18FNO4S/c19-25(22,23)13-15-10-18(21)20(12-15)11-14-6-8-17(9-7-14)24-16-4-2-1-3-5-16/h1-9,15H,10-13H2. The number of nitrogens with zero attached hydrogens (tertiary/aromatic N) is 1. The summed E-state index contributed by atoms with van der Waals surface area (Å²) in [5.74, 6) is 0.185. The van der Waals surface area contributed by atoms with Crippen molar-refractivity contribution < 1.29 is 21.8 Å². The molecule has 1 saturated heterocycles. The first-order chi connectivity index (χ1) is 11.9. The van der Waals surface area contributed by atoms with Crippen molar-refractivity contribution in [3.8, 4) is 11.5 Å². The molecule has 1 atom stereocenters. The van der Waals surface area contributed by atoms with Crippen molar-refractivity contribution in [3.63, 3.8) is 0 Å². The normalized spacial score (nSPS) is 17.7. The van der Waals surface area contributed by atoms with Gasteiger partial charge in [0.05, 0.1) is 5.75 Å². The Morgan fingerprint density at radius 3 is 2.32 bits per heavy atom. The summed E-state index contributed by atoms with van der Waals surface area (Å²) >= 11 is 0. The zero-order valence-corrected chi connectivity index (χ0v) is 14.3. The summed E-state index contributed by atoms with van der Waals surface area (Å²) in [7, 11) is -4.56. The van der Waals surface area contributed by atoms with Crippen molar-refractivity contribution in [2.75, 3.05) is 12.3 Å². The van der Waals surface area contributed by atoms with Gasteiger partial charge in [-0.25, -0.2) is 0 Å². The Morgan fingerprint density at radius 2 is 1.68 bits per heavy atom. The van der Waals surface area contributed by atoms with E-state index in [2.05, 4.69) is 0 Å². The van der Waals surface area contributed by atoms with Gasteiger partial charge in [0.15, 0.2) is 0 Å². The first-order valence-electron chi connectivity index (χ1n) is 7.91. The van der Waals surface area contributed by atoms with Crippen LogP contribution in [0.1, 0.15) is 12.0 Å². The highest BCUT2D eigenvalue weighted by atomic mass is 32.3. The van der Waals surface area contributed by atoms with Crippen LogP contribution in [0.15, 0.2) is 54.6 Å². The van der Waals surface area contributed by atoms with Crippen molar-refractivity contribution in [2.24, 2.45) is 5.92 Å². The van der Waals surface area contributed by atoms with Gasteiger partial charge in [-0.3, -0.25) is 4.79 Å². The topological polar surface area (TPSA) is 63.7 Å². The van der Waals surface area contributed by atoms with Crippen molar-refractivity contribution in [1.29, 1.82) is 0 Å². The predicted molar refractivity (Wildman–Crippen MR) is 91.4 cm³/mol. The molecule has 0 bridgehead atoms. The molecule has 0 spiro atoms. The molecule has 2 aromatic carbocycles. The quantitative estimate of drug-likeness (QED) is 0.740. The van der Waals surface area contributed by atoms with Crippen molar-refractivity contribution in [3.05, 3.63) is 60.2 Å². The first-order valence-corrected chi connectivity index (χ1v) is 9.46. The third-order valence-electron chi connectivity index (χ3n) is 4.01. The number of hydrogen-bond donors (Lipinski definition) is 0. The van der Waals surface area contributed by atoms with Gasteiger partial charge in [0.25, 0.3) is 0 Å². The molecular formula is C18H18FNO4S. The van der Waals surface area contributed by atoms with Gasteiger partial charge in [-0.1, -0.05) is 30.3 Å². The van der Waals surface area contributed by atoms with E-state index < -0.39 is 21.9 Å². The number of likely N-dealkylation sites (tertiary alicyclic amines) is 1. The molecule has 0 aliphatic carbocycles. The van der Waals surface area contributed by atoms with Gasteiger partial charge in [-0.2, -0.15) is 8.42 Å². The van der Waals surface area contributed by atoms with Crippen LogP contribution in [-0.2, 0) is 21.6 Å². The minimum atomic E-state index is -4.56. The van der Waals surface area contributed by atoms with E-state index in [4.69, 9.17) is 4.74 Å². The molecule has 0 saturated carbocycles. The van der Waals surface area contributed by atoms with Gasteiger partial charge in [0.1, 0.15) is 11.5 Å². The summed E-state index contributed by atoms with van der Waals surface area (Å²) in [4.78, 5) is 13.5. The number of benzene rings is 2. The third kappa shape index (κ3) is 5.03. The molecule has 0 radical (unpaired) electrons. The van der Waals surface area contributed by atoms with E-state index in [1.54, 1.807) is 4.90 Å². The summed E-state index contributed by atoms with van der Waals surface area (Å²) in [5, 5.41) is 0. The van der Waals surface area contributed by atoms with Gasteiger partial charge in [-0.15, -0.1) is 3.89 Å². The second kappa shape index (κ2) is 7.23. The third-order valence-corrected chi connectivity index (χ3v) is 4.87. The Hall–Kier alpha value is -2.41. The monoisotopic (exact) mass is 363 g/mol. The zero-order chi connectivity index (χ0) is 17.9. The van der Waals surface area contributed by atoms with E-state index in [1.807, 2.05) is 54.6 Å². The highest BCUT2D eigenvalue weighted by Crippen LogP contribution is 2.24. The first kappa shape index (κ1) is 17.4. The molecule has 25 heavy (non-hydrogen) atoms. The second-order valence-corrected chi connectivity index (χ2v) is 7.52. The molecule has 1 aliphatic rings. The van der Waals surface area contributed by atoms with Crippen molar-refractivity contribution in [1.82, 2.24) is 4.90 Å². The Labute approximate surface area is 146 Å². The van der Waals surface area contributed by atoms with E-state index in [-0.39, 0.29) is 18.9 Å². The molecule has 1 amide bonds. The Morgan fingerprint density at radius 1 is 1.04 bits per heavy atom. The number of para-hydroxylation sites is 1. The summed E-state index contributed by atoms with van der Waals surface area (Å²) in [6, 6.07) is 16.7. The number of amides is 1. The maximum absolute atomic E-state index is 12.8. The average Bonchev–Trinajstić information content (AvgIpc) is 2.87. The van der Waals surface area contributed by atoms with E-state index >= 15 is 0 Å². The number of carbonyl (C=O) groups is 1. The molecule has 1 fully saturated rings. The van der Waals surface area contributed by atoms with Gasteiger partial charge in [-0.05, 0) is 29.8 Å². The lowest BCUT2D eigenvalue weighted by Crippen LogP contribution is -2.25. The van der Waals surface area contributed by atoms with Crippen LogP contribution in [-0.4, -0.2) is 31.5 Å². The predicted octanol–water partition coefficient (Wildman–Crippen LogP) is 3.13. The van der Waals surface area contributed by atoms with Crippen LogP contribution >= 0.6 is 0 Å². The summed E-state index contributed by atoms with van der Waals surface area (Å²) in [5.41, 5.74) is 0.900. The highest BCUT2D eigenvalue weighted by Gasteiger charge is 2.32. The smallest absolute Gasteiger partial charge is 0.302 e. The van der Waals surface area contributed by atoms with Gasteiger partial charge in [0, 0.05) is 25.4 Å². The molecule has 1 aliphatic heterocycles. The molecule has 3 rings (SSSR count). The lowest BCUT2D eigenvalue weighted by atomic mass is 10.1. The molecule has 0 N–H and O–H groups in total. The molecular weight excluding hydrogens is 345 g/mol. The number of hydrogen-bond acceptors (Lipinski definition) is 4. The van der Waals surface area contributed by atoms with Crippen molar-refractivity contribution in [2.45, 2.75) is 13.0 Å².